The monoisotopic (exact) mass is 303 g/mol. The summed E-state index contributed by atoms with van der Waals surface area (Å²) in [4.78, 5) is 11.0. The minimum Gasteiger partial charge on any atom is -0.478 e. The van der Waals surface area contributed by atoms with E-state index in [-0.39, 0.29) is 0 Å². The molecule has 2 N–H and O–H groups in total. The second kappa shape index (κ2) is 8.82. The molecule has 2 rings (SSSR count). The van der Waals surface area contributed by atoms with E-state index in [2.05, 4.69) is 12.2 Å². The van der Waals surface area contributed by atoms with Crippen molar-refractivity contribution in [2.45, 2.75) is 77.2 Å². The van der Waals surface area contributed by atoms with E-state index in [9.17, 15) is 4.79 Å². The highest BCUT2D eigenvalue weighted by Crippen LogP contribution is 2.29. The molecular weight excluding hydrogens is 274 g/mol. The number of hydrogen-bond acceptors (Lipinski definition) is 2. The number of nitrogens with one attached hydrogen (secondary N) is 1. The summed E-state index contributed by atoms with van der Waals surface area (Å²) in [5, 5.41) is 12.5. The van der Waals surface area contributed by atoms with Gasteiger partial charge < -0.3 is 10.4 Å². The number of hydrogen-bond donors (Lipinski definition) is 2. The third-order valence-corrected chi connectivity index (χ3v) is 4.59. The van der Waals surface area contributed by atoms with Gasteiger partial charge in [0, 0.05) is 11.7 Å². The molecule has 0 amide bonds. The second-order valence-corrected chi connectivity index (χ2v) is 6.49. The highest BCUT2D eigenvalue weighted by molar-refractivity contribution is 5.89. The fourth-order valence-electron chi connectivity index (χ4n) is 3.26. The van der Waals surface area contributed by atoms with E-state index in [1.54, 1.807) is 12.1 Å². The van der Waals surface area contributed by atoms with Gasteiger partial charge in [0.05, 0.1) is 5.56 Å². The third-order valence-electron chi connectivity index (χ3n) is 4.59. The van der Waals surface area contributed by atoms with Gasteiger partial charge in [-0.25, -0.2) is 4.79 Å². The minimum atomic E-state index is -0.851. The van der Waals surface area contributed by atoms with Crippen LogP contribution < -0.4 is 5.32 Å². The van der Waals surface area contributed by atoms with Gasteiger partial charge in [-0.2, -0.15) is 0 Å². The van der Waals surface area contributed by atoms with Crippen molar-refractivity contribution in [3.05, 3.63) is 29.3 Å². The lowest BCUT2D eigenvalue weighted by atomic mass is 10.0. The molecule has 122 valence electrons. The Bertz CT molecular complexity index is 484. The first-order valence-corrected chi connectivity index (χ1v) is 8.83. The first kappa shape index (κ1) is 16.9. The fraction of sp³-hybridized carbons (Fsp3) is 0.632. The summed E-state index contributed by atoms with van der Waals surface area (Å²) in [6.07, 6.45) is 13.0. The van der Waals surface area contributed by atoms with E-state index in [1.165, 1.54) is 63.4 Å². The highest BCUT2D eigenvalue weighted by atomic mass is 16.4. The molecule has 1 heterocycles. The van der Waals surface area contributed by atoms with Crippen molar-refractivity contribution in [3.8, 4) is 0 Å². The summed E-state index contributed by atoms with van der Waals surface area (Å²) >= 11 is 0. The number of benzene rings is 1. The van der Waals surface area contributed by atoms with Gasteiger partial charge in [0.15, 0.2) is 0 Å². The van der Waals surface area contributed by atoms with Gasteiger partial charge >= 0.3 is 5.97 Å². The van der Waals surface area contributed by atoms with E-state index in [1.807, 2.05) is 6.07 Å². The van der Waals surface area contributed by atoms with Crippen molar-refractivity contribution < 1.29 is 9.90 Å². The maximum Gasteiger partial charge on any atom is 0.335 e. The van der Waals surface area contributed by atoms with Gasteiger partial charge in [0.25, 0.3) is 0 Å². The summed E-state index contributed by atoms with van der Waals surface area (Å²) in [5.41, 5.74) is 2.65. The molecule has 1 aliphatic rings. The molecule has 22 heavy (non-hydrogen) atoms. The summed E-state index contributed by atoms with van der Waals surface area (Å²) in [6.45, 7) is 2.26. The van der Waals surface area contributed by atoms with Crippen LogP contribution in [0.2, 0.25) is 0 Å². The Morgan fingerprint density at radius 1 is 1.14 bits per heavy atom. The Morgan fingerprint density at radius 2 is 1.82 bits per heavy atom. The highest BCUT2D eigenvalue weighted by Gasteiger charge is 2.21. The van der Waals surface area contributed by atoms with Gasteiger partial charge in [-0.3, -0.25) is 0 Å². The zero-order valence-corrected chi connectivity index (χ0v) is 13.7. The molecule has 0 spiro atoms. The second-order valence-electron chi connectivity index (χ2n) is 6.49. The minimum absolute atomic E-state index is 0.374. The van der Waals surface area contributed by atoms with E-state index in [0.717, 1.165) is 12.1 Å². The molecule has 0 aromatic heterocycles. The molecule has 3 nitrogen and oxygen atoms in total. The first-order chi connectivity index (χ1) is 10.7. The largest absolute Gasteiger partial charge is 0.478 e. The molecule has 1 aromatic rings. The van der Waals surface area contributed by atoms with Crippen LogP contribution in [0, 0.1) is 0 Å². The van der Waals surface area contributed by atoms with E-state index in [4.69, 9.17) is 5.11 Å². The zero-order chi connectivity index (χ0) is 15.8. The predicted octanol–water partition coefficient (Wildman–Crippen LogP) is 5.25. The van der Waals surface area contributed by atoms with Crippen molar-refractivity contribution in [3.63, 3.8) is 0 Å². The molecule has 0 aliphatic carbocycles. The summed E-state index contributed by atoms with van der Waals surface area (Å²) in [6, 6.07) is 5.92. The summed E-state index contributed by atoms with van der Waals surface area (Å²) < 4.78 is 0. The average Bonchev–Trinajstić information content (AvgIpc) is 2.91. The van der Waals surface area contributed by atoms with E-state index in [0.29, 0.717) is 11.6 Å². The maximum atomic E-state index is 11.0. The van der Waals surface area contributed by atoms with Crippen LogP contribution in [-0.2, 0) is 6.42 Å². The van der Waals surface area contributed by atoms with Gasteiger partial charge in [0.1, 0.15) is 0 Å². The number of rotatable bonds is 10. The molecule has 1 aliphatic heterocycles. The Hall–Kier alpha value is -1.51. The lowest BCUT2D eigenvalue weighted by Crippen LogP contribution is -2.14. The molecule has 1 unspecified atom stereocenters. The Balaban J connectivity index is 1.62. The summed E-state index contributed by atoms with van der Waals surface area (Å²) in [5.74, 6) is -0.851. The number of unbranched alkanes of at least 4 members (excludes halogenated alkanes) is 7. The number of fused-ring (bicyclic) bond motifs is 1. The van der Waals surface area contributed by atoms with Crippen molar-refractivity contribution in [1.82, 2.24) is 0 Å². The molecule has 0 saturated heterocycles. The Kier molecular flexibility index (Phi) is 6.75. The van der Waals surface area contributed by atoms with Crippen molar-refractivity contribution >= 4 is 11.7 Å². The summed E-state index contributed by atoms with van der Waals surface area (Å²) in [7, 11) is 0. The lowest BCUT2D eigenvalue weighted by molar-refractivity contribution is 0.0697. The van der Waals surface area contributed by atoms with Crippen LogP contribution in [0.1, 0.15) is 80.6 Å². The lowest BCUT2D eigenvalue weighted by Gasteiger charge is -2.10. The number of carboxylic acids is 1. The van der Waals surface area contributed by atoms with Gasteiger partial charge in [-0.15, -0.1) is 0 Å². The molecule has 1 aromatic carbocycles. The fourth-order valence-corrected chi connectivity index (χ4v) is 3.26. The quantitative estimate of drug-likeness (QED) is 0.580. The van der Waals surface area contributed by atoms with Crippen molar-refractivity contribution in [2.75, 3.05) is 5.32 Å². The molecule has 3 heteroatoms. The number of aromatic carboxylic acids is 1. The third kappa shape index (κ3) is 5.04. The standard InChI is InChI=1S/C19H29NO2/c1-2-3-4-5-6-7-8-9-10-17-13-15-11-12-16(19(21)22)14-18(15)20-17/h11-12,14,17,20H,2-10,13H2,1H3,(H,21,22). The van der Waals surface area contributed by atoms with Crippen LogP contribution in [0.25, 0.3) is 0 Å². The van der Waals surface area contributed by atoms with Gasteiger partial charge in [-0.05, 0) is 30.5 Å². The van der Waals surface area contributed by atoms with Crippen molar-refractivity contribution in [2.24, 2.45) is 0 Å². The average molecular weight is 303 g/mol. The van der Waals surface area contributed by atoms with E-state index < -0.39 is 5.97 Å². The Labute approximate surface area is 134 Å². The normalized spacial score (nSPS) is 16.3. The predicted molar refractivity (Wildman–Crippen MR) is 91.7 cm³/mol. The number of anilines is 1. The zero-order valence-electron chi connectivity index (χ0n) is 13.7. The number of carbonyl (C=O) groups is 1. The van der Waals surface area contributed by atoms with Crippen LogP contribution >= 0.6 is 0 Å². The van der Waals surface area contributed by atoms with Gasteiger partial charge in [-0.1, -0.05) is 64.4 Å². The van der Waals surface area contributed by atoms with Crippen LogP contribution in [-0.4, -0.2) is 17.1 Å². The van der Waals surface area contributed by atoms with Crippen LogP contribution in [0.3, 0.4) is 0 Å². The van der Waals surface area contributed by atoms with Crippen LogP contribution in [0.15, 0.2) is 18.2 Å². The van der Waals surface area contributed by atoms with Crippen LogP contribution in [0.4, 0.5) is 5.69 Å². The molecule has 0 saturated carbocycles. The molecule has 0 bridgehead atoms. The topological polar surface area (TPSA) is 49.3 Å². The Morgan fingerprint density at radius 3 is 2.50 bits per heavy atom. The first-order valence-electron chi connectivity index (χ1n) is 8.83. The molecule has 1 atom stereocenters. The van der Waals surface area contributed by atoms with Crippen molar-refractivity contribution in [1.29, 1.82) is 0 Å². The smallest absolute Gasteiger partial charge is 0.335 e. The van der Waals surface area contributed by atoms with E-state index >= 15 is 0 Å². The van der Waals surface area contributed by atoms with Crippen LogP contribution in [0.5, 0.6) is 0 Å². The van der Waals surface area contributed by atoms with Gasteiger partial charge in [0.2, 0.25) is 0 Å². The maximum absolute atomic E-state index is 11.0. The SMILES string of the molecule is CCCCCCCCCCC1Cc2ccc(C(=O)O)cc2N1. The molecule has 0 radical (unpaired) electrons. The number of carboxylic acid groups (broad SMARTS) is 1. The molecule has 0 fully saturated rings. The molecular formula is C19H29NO2.